The van der Waals surface area contributed by atoms with Crippen LogP contribution in [-0.4, -0.2) is 64.0 Å². The molecule has 4 rings (SSSR count). The topological polar surface area (TPSA) is 84.2 Å². The van der Waals surface area contributed by atoms with Crippen LogP contribution >= 0.6 is 0 Å². The lowest BCUT2D eigenvalue weighted by atomic mass is 10.2. The molecule has 152 valence electrons. The number of rotatable bonds is 5. The monoisotopic (exact) mass is 416 g/mol. The Kier molecular flexibility index (Phi) is 5.39. The van der Waals surface area contributed by atoms with Crippen molar-refractivity contribution in [1.29, 1.82) is 0 Å². The highest BCUT2D eigenvalue weighted by Gasteiger charge is 2.30. The van der Waals surface area contributed by atoms with E-state index in [1.807, 2.05) is 31.2 Å². The smallest absolute Gasteiger partial charge is 0.246 e. The van der Waals surface area contributed by atoms with Crippen molar-refractivity contribution in [3.63, 3.8) is 0 Å². The molecular weight excluding hydrogens is 395 g/mol. The maximum Gasteiger partial charge on any atom is 0.246 e. The van der Waals surface area contributed by atoms with Crippen LogP contribution in [0.3, 0.4) is 0 Å². The molecule has 0 bridgehead atoms. The summed E-state index contributed by atoms with van der Waals surface area (Å²) >= 11 is 0. The third kappa shape index (κ3) is 4.04. The van der Waals surface area contributed by atoms with Crippen LogP contribution in [0.5, 0.6) is 0 Å². The molecule has 2 aromatic carbocycles. The number of hydrogen-bond acceptors (Lipinski definition) is 6. The number of piperazine rings is 1. The summed E-state index contributed by atoms with van der Waals surface area (Å²) in [5.74, 6) is -0.0496. The minimum absolute atomic E-state index is 0.281. The first-order valence-corrected chi connectivity index (χ1v) is 10.7. The predicted molar refractivity (Wildman–Crippen MR) is 104 cm³/mol. The summed E-state index contributed by atoms with van der Waals surface area (Å²) in [7, 11) is -3.85. The van der Waals surface area contributed by atoms with Gasteiger partial charge in [-0.15, -0.1) is 5.10 Å². The number of aromatic nitrogens is 4. The maximum atomic E-state index is 14.0. The normalized spacial score (nSPS) is 16.2. The Morgan fingerprint density at radius 1 is 1.00 bits per heavy atom. The summed E-state index contributed by atoms with van der Waals surface area (Å²) in [6, 6.07) is 13.4. The minimum Gasteiger partial charge on any atom is -0.293 e. The summed E-state index contributed by atoms with van der Waals surface area (Å²) in [6.07, 6.45) is 0. The van der Waals surface area contributed by atoms with Crippen molar-refractivity contribution in [3.8, 4) is 5.69 Å². The van der Waals surface area contributed by atoms with Crippen LogP contribution in [0.2, 0.25) is 0 Å². The first kappa shape index (κ1) is 19.6. The van der Waals surface area contributed by atoms with Crippen LogP contribution in [-0.2, 0) is 16.6 Å². The Labute approximate surface area is 168 Å². The zero-order chi connectivity index (χ0) is 20.4. The van der Waals surface area contributed by atoms with Gasteiger partial charge in [-0.3, -0.25) is 4.90 Å². The van der Waals surface area contributed by atoms with Crippen LogP contribution in [0, 0.1) is 12.7 Å². The number of aryl methyl sites for hydroxylation is 1. The van der Waals surface area contributed by atoms with E-state index in [0.717, 1.165) is 17.3 Å². The van der Waals surface area contributed by atoms with Crippen molar-refractivity contribution in [2.24, 2.45) is 0 Å². The molecule has 1 fully saturated rings. The van der Waals surface area contributed by atoms with Gasteiger partial charge in [-0.1, -0.05) is 29.8 Å². The summed E-state index contributed by atoms with van der Waals surface area (Å²) < 4.78 is 42.4. The molecule has 29 heavy (non-hydrogen) atoms. The molecule has 0 spiro atoms. The maximum absolute atomic E-state index is 14.0. The van der Waals surface area contributed by atoms with Gasteiger partial charge >= 0.3 is 0 Å². The van der Waals surface area contributed by atoms with Crippen molar-refractivity contribution in [2.75, 3.05) is 26.2 Å². The van der Waals surface area contributed by atoms with E-state index in [1.165, 1.54) is 22.5 Å². The van der Waals surface area contributed by atoms with Gasteiger partial charge in [-0.2, -0.15) is 8.99 Å². The van der Waals surface area contributed by atoms with Gasteiger partial charge in [0.15, 0.2) is 5.82 Å². The average Bonchev–Trinajstić information content (AvgIpc) is 3.17. The van der Waals surface area contributed by atoms with Crippen molar-refractivity contribution in [1.82, 2.24) is 29.4 Å². The van der Waals surface area contributed by atoms with E-state index in [2.05, 4.69) is 20.4 Å². The molecule has 0 amide bonds. The van der Waals surface area contributed by atoms with Gasteiger partial charge in [0, 0.05) is 26.2 Å². The first-order chi connectivity index (χ1) is 13.9. The molecule has 8 nitrogen and oxygen atoms in total. The van der Waals surface area contributed by atoms with Crippen LogP contribution < -0.4 is 0 Å². The summed E-state index contributed by atoms with van der Waals surface area (Å²) in [5.41, 5.74) is 2.02. The Balaban J connectivity index is 1.43. The van der Waals surface area contributed by atoms with E-state index in [9.17, 15) is 12.8 Å². The molecule has 0 radical (unpaired) electrons. The van der Waals surface area contributed by atoms with E-state index in [0.29, 0.717) is 25.5 Å². The SMILES string of the molecule is Cc1ccc(-n2nnnc2CN2CCN(S(=O)(=O)c3ccccc3F)CC2)cc1. The number of tetrazole rings is 1. The fourth-order valence-electron chi connectivity index (χ4n) is 3.31. The lowest BCUT2D eigenvalue weighted by molar-refractivity contribution is 0.176. The minimum atomic E-state index is -3.85. The van der Waals surface area contributed by atoms with Crippen LogP contribution in [0.1, 0.15) is 11.4 Å². The van der Waals surface area contributed by atoms with Gasteiger partial charge in [0.2, 0.25) is 10.0 Å². The molecule has 0 aliphatic carbocycles. The van der Waals surface area contributed by atoms with Gasteiger partial charge < -0.3 is 0 Å². The Morgan fingerprint density at radius 2 is 1.69 bits per heavy atom. The molecule has 3 aromatic rings. The standard InChI is InChI=1S/C19H21FN6O2S/c1-15-6-8-16(9-7-15)26-19(21-22-23-26)14-24-10-12-25(13-11-24)29(27,28)18-5-3-2-4-17(18)20/h2-9H,10-14H2,1H3. The zero-order valence-corrected chi connectivity index (χ0v) is 16.8. The lowest BCUT2D eigenvalue weighted by Gasteiger charge is -2.33. The summed E-state index contributed by atoms with van der Waals surface area (Å²) in [5, 5.41) is 12.0. The fraction of sp³-hybridized carbons (Fsp3) is 0.316. The third-order valence-corrected chi connectivity index (χ3v) is 6.90. The fourth-order valence-corrected chi connectivity index (χ4v) is 4.80. The van der Waals surface area contributed by atoms with E-state index < -0.39 is 15.8 Å². The molecule has 1 aliphatic rings. The third-order valence-electron chi connectivity index (χ3n) is 4.96. The number of hydrogen-bond donors (Lipinski definition) is 0. The van der Waals surface area contributed by atoms with Crippen molar-refractivity contribution in [3.05, 3.63) is 65.7 Å². The highest BCUT2D eigenvalue weighted by molar-refractivity contribution is 7.89. The average molecular weight is 416 g/mol. The van der Waals surface area contributed by atoms with Gasteiger partial charge in [-0.05, 0) is 41.6 Å². The molecule has 10 heteroatoms. The van der Waals surface area contributed by atoms with Crippen molar-refractivity contribution >= 4 is 10.0 Å². The van der Waals surface area contributed by atoms with Crippen molar-refractivity contribution < 1.29 is 12.8 Å². The van der Waals surface area contributed by atoms with E-state index in [1.54, 1.807) is 4.68 Å². The van der Waals surface area contributed by atoms with Gasteiger partial charge in [0.05, 0.1) is 12.2 Å². The Hall–Kier alpha value is -2.69. The highest BCUT2D eigenvalue weighted by atomic mass is 32.2. The van der Waals surface area contributed by atoms with Crippen LogP contribution in [0.4, 0.5) is 4.39 Å². The second-order valence-corrected chi connectivity index (χ2v) is 8.86. The number of benzene rings is 2. The van der Waals surface area contributed by atoms with Gasteiger partial charge in [0.25, 0.3) is 0 Å². The van der Waals surface area contributed by atoms with Crippen LogP contribution in [0.15, 0.2) is 53.4 Å². The Morgan fingerprint density at radius 3 is 2.38 bits per heavy atom. The quantitative estimate of drug-likeness (QED) is 0.628. The molecule has 0 N–H and O–H groups in total. The van der Waals surface area contributed by atoms with E-state index in [-0.39, 0.29) is 18.0 Å². The number of sulfonamides is 1. The molecular formula is C19H21FN6O2S. The van der Waals surface area contributed by atoms with Crippen LogP contribution in [0.25, 0.3) is 5.69 Å². The zero-order valence-electron chi connectivity index (χ0n) is 15.9. The van der Waals surface area contributed by atoms with E-state index >= 15 is 0 Å². The molecule has 2 heterocycles. The van der Waals surface area contributed by atoms with Gasteiger partial charge in [0.1, 0.15) is 10.7 Å². The molecule has 1 saturated heterocycles. The summed E-state index contributed by atoms with van der Waals surface area (Å²) in [6.45, 7) is 4.09. The second-order valence-electron chi connectivity index (χ2n) is 6.95. The molecule has 1 aliphatic heterocycles. The van der Waals surface area contributed by atoms with Gasteiger partial charge in [-0.25, -0.2) is 12.8 Å². The lowest BCUT2D eigenvalue weighted by Crippen LogP contribution is -2.48. The molecule has 1 aromatic heterocycles. The van der Waals surface area contributed by atoms with E-state index in [4.69, 9.17) is 0 Å². The second kappa shape index (κ2) is 7.97. The first-order valence-electron chi connectivity index (χ1n) is 9.26. The predicted octanol–water partition coefficient (Wildman–Crippen LogP) is 1.62. The number of nitrogens with zero attached hydrogens (tertiary/aromatic N) is 6. The largest absolute Gasteiger partial charge is 0.293 e. The molecule has 0 atom stereocenters. The Bertz CT molecular complexity index is 1090. The highest BCUT2D eigenvalue weighted by Crippen LogP contribution is 2.21. The summed E-state index contributed by atoms with van der Waals surface area (Å²) in [4.78, 5) is 1.81. The molecule has 0 saturated carbocycles. The number of halogens is 1. The van der Waals surface area contributed by atoms with Crippen molar-refractivity contribution in [2.45, 2.75) is 18.4 Å². The molecule has 0 unspecified atom stereocenters.